The number of hydrogen-bond donors (Lipinski definition) is 1. The Hall–Kier alpha value is -3.55. The number of amides is 2. The summed E-state index contributed by atoms with van der Waals surface area (Å²) in [5.74, 6) is -0.465. The van der Waals surface area contributed by atoms with E-state index in [2.05, 4.69) is 10.4 Å². The van der Waals surface area contributed by atoms with Crippen LogP contribution >= 0.6 is 23.2 Å². The molecular formula is C25H22Cl2N4O3. The van der Waals surface area contributed by atoms with Gasteiger partial charge in [-0.1, -0.05) is 47.5 Å². The van der Waals surface area contributed by atoms with Gasteiger partial charge in [-0.3, -0.25) is 9.59 Å². The van der Waals surface area contributed by atoms with Crippen molar-refractivity contribution in [2.45, 2.75) is 13.2 Å². The van der Waals surface area contributed by atoms with E-state index < -0.39 is 12.1 Å². The van der Waals surface area contributed by atoms with Crippen LogP contribution in [0.3, 0.4) is 0 Å². The van der Waals surface area contributed by atoms with E-state index in [1.807, 2.05) is 43.3 Å². The molecule has 174 valence electrons. The highest BCUT2D eigenvalue weighted by molar-refractivity contribution is 6.37. The van der Waals surface area contributed by atoms with Gasteiger partial charge in [0.1, 0.15) is 0 Å². The zero-order chi connectivity index (χ0) is 24.4. The molecule has 0 aliphatic carbocycles. The summed E-state index contributed by atoms with van der Waals surface area (Å²) in [6.45, 7) is 1.42. The Morgan fingerprint density at radius 3 is 2.38 bits per heavy atom. The van der Waals surface area contributed by atoms with Gasteiger partial charge in [-0.15, -0.1) is 5.10 Å². The first-order chi connectivity index (χ1) is 16.2. The monoisotopic (exact) mass is 496 g/mol. The van der Waals surface area contributed by atoms with Gasteiger partial charge in [0, 0.05) is 37.3 Å². The van der Waals surface area contributed by atoms with E-state index >= 15 is 0 Å². The van der Waals surface area contributed by atoms with Crippen molar-refractivity contribution in [3.63, 3.8) is 0 Å². The number of hydrogen-bond acceptors (Lipinski definition) is 5. The van der Waals surface area contributed by atoms with Crippen molar-refractivity contribution in [3.8, 4) is 0 Å². The van der Waals surface area contributed by atoms with Crippen LogP contribution < -0.4 is 10.2 Å². The highest BCUT2D eigenvalue weighted by Gasteiger charge is 2.34. The third kappa shape index (κ3) is 4.85. The topological polar surface area (TPSA) is 74.2 Å². The lowest BCUT2D eigenvalue weighted by Gasteiger charge is -2.20. The third-order valence-electron chi connectivity index (χ3n) is 5.24. The molecule has 1 heterocycles. The number of halogens is 2. The Morgan fingerprint density at radius 1 is 1.03 bits per heavy atom. The van der Waals surface area contributed by atoms with E-state index in [0.717, 1.165) is 11.3 Å². The SMILES string of the molecule is CC(=O)N1N=C(c2ccccc2NC(=O)c2ccc(Cl)cc2Cl)OC1c1ccc(N(C)C)cc1. The molecule has 3 aromatic carbocycles. The van der Waals surface area contributed by atoms with Crippen molar-refractivity contribution < 1.29 is 14.3 Å². The van der Waals surface area contributed by atoms with E-state index in [9.17, 15) is 9.59 Å². The number of hydrazone groups is 1. The normalized spacial score (nSPS) is 14.9. The Labute approximate surface area is 207 Å². The first-order valence-corrected chi connectivity index (χ1v) is 11.2. The molecule has 0 bridgehead atoms. The maximum absolute atomic E-state index is 12.9. The highest BCUT2D eigenvalue weighted by atomic mass is 35.5. The molecule has 3 aromatic rings. The quantitative estimate of drug-likeness (QED) is 0.502. The van der Waals surface area contributed by atoms with Gasteiger partial charge >= 0.3 is 0 Å². The number of carbonyl (C=O) groups is 2. The zero-order valence-electron chi connectivity index (χ0n) is 18.8. The molecule has 4 rings (SSSR count). The van der Waals surface area contributed by atoms with E-state index in [0.29, 0.717) is 16.3 Å². The molecule has 1 aliphatic heterocycles. The molecule has 0 radical (unpaired) electrons. The van der Waals surface area contributed by atoms with Crippen molar-refractivity contribution in [1.29, 1.82) is 0 Å². The van der Waals surface area contributed by atoms with Crippen LogP contribution in [0.25, 0.3) is 0 Å². The van der Waals surface area contributed by atoms with Gasteiger partial charge in [-0.05, 0) is 42.5 Å². The molecule has 0 saturated carbocycles. The summed E-state index contributed by atoms with van der Waals surface area (Å²) in [5.41, 5.74) is 3.06. The second-order valence-electron chi connectivity index (χ2n) is 7.85. The lowest BCUT2D eigenvalue weighted by molar-refractivity contribution is -0.135. The highest BCUT2D eigenvalue weighted by Crippen LogP contribution is 2.33. The average Bonchev–Trinajstić information content (AvgIpc) is 3.25. The molecule has 0 saturated heterocycles. The van der Waals surface area contributed by atoms with Gasteiger partial charge in [0.05, 0.1) is 21.8 Å². The molecule has 1 N–H and O–H groups in total. The maximum Gasteiger partial charge on any atom is 0.257 e. The average molecular weight is 497 g/mol. The number of nitrogens with one attached hydrogen (secondary N) is 1. The summed E-state index contributed by atoms with van der Waals surface area (Å²) in [7, 11) is 3.90. The van der Waals surface area contributed by atoms with E-state index in [4.69, 9.17) is 27.9 Å². The van der Waals surface area contributed by atoms with E-state index in [-0.39, 0.29) is 22.4 Å². The van der Waals surface area contributed by atoms with Crippen LogP contribution in [0.4, 0.5) is 11.4 Å². The minimum Gasteiger partial charge on any atom is -0.446 e. The van der Waals surface area contributed by atoms with E-state index in [1.54, 1.807) is 36.4 Å². The smallest absolute Gasteiger partial charge is 0.257 e. The van der Waals surface area contributed by atoms with Crippen molar-refractivity contribution in [1.82, 2.24) is 5.01 Å². The van der Waals surface area contributed by atoms with Gasteiger partial charge in [-0.2, -0.15) is 5.01 Å². The molecule has 0 fully saturated rings. The number of anilines is 2. The zero-order valence-corrected chi connectivity index (χ0v) is 20.3. The van der Waals surface area contributed by atoms with Gasteiger partial charge in [-0.25, -0.2) is 0 Å². The first kappa shape index (κ1) is 23.6. The fourth-order valence-corrected chi connectivity index (χ4v) is 3.96. The fourth-order valence-electron chi connectivity index (χ4n) is 3.47. The molecule has 0 spiro atoms. The molecule has 0 aromatic heterocycles. The van der Waals surface area contributed by atoms with Crippen LogP contribution in [-0.2, 0) is 9.53 Å². The van der Waals surface area contributed by atoms with Crippen LogP contribution in [0.2, 0.25) is 10.0 Å². The number of para-hydroxylation sites is 1. The predicted octanol–water partition coefficient (Wildman–Crippen LogP) is 5.55. The second-order valence-corrected chi connectivity index (χ2v) is 8.69. The van der Waals surface area contributed by atoms with Crippen LogP contribution in [0.5, 0.6) is 0 Å². The number of carbonyl (C=O) groups excluding carboxylic acids is 2. The molecule has 7 nitrogen and oxygen atoms in total. The Bertz CT molecular complexity index is 1280. The van der Waals surface area contributed by atoms with Crippen molar-refractivity contribution in [3.05, 3.63) is 93.5 Å². The van der Waals surface area contributed by atoms with Crippen molar-refractivity contribution in [2.75, 3.05) is 24.3 Å². The van der Waals surface area contributed by atoms with E-state index in [1.165, 1.54) is 18.0 Å². The third-order valence-corrected chi connectivity index (χ3v) is 5.79. The minimum absolute atomic E-state index is 0.218. The van der Waals surface area contributed by atoms with Gasteiger partial charge in [0.15, 0.2) is 0 Å². The first-order valence-electron chi connectivity index (χ1n) is 10.4. The number of nitrogens with zero attached hydrogens (tertiary/aromatic N) is 3. The maximum atomic E-state index is 12.9. The fraction of sp³-hybridized carbons (Fsp3) is 0.160. The lowest BCUT2D eigenvalue weighted by Crippen LogP contribution is -2.25. The summed E-state index contributed by atoms with van der Waals surface area (Å²) in [4.78, 5) is 27.2. The number of benzene rings is 3. The molecule has 1 aliphatic rings. The summed E-state index contributed by atoms with van der Waals surface area (Å²) in [6, 6.07) is 19.4. The minimum atomic E-state index is -0.724. The predicted molar refractivity (Wildman–Crippen MR) is 135 cm³/mol. The van der Waals surface area contributed by atoms with Gasteiger partial charge in [0.25, 0.3) is 5.91 Å². The summed E-state index contributed by atoms with van der Waals surface area (Å²) in [6.07, 6.45) is -0.724. The molecule has 9 heteroatoms. The van der Waals surface area contributed by atoms with Crippen LogP contribution in [0.1, 0.15) is 34.6 Å². The second kappa shape index (κ2) is 9.75. The van der Waals surface area contributed by atoms with Gasteiger partial charge < -0.3 is 15.0 Å². The molecule has 1 unspecified atom stereocenters. The molecule has 34 heavy (non-hydrogen) atoms. The van der Waals surface area contributed by atoms with Gasteiger partial charge in [0.2, 0.25) is 18.0 Å². The number of ether oxygens (including phenoxy) is 1. The summed E-state index contributed by atoms with van der Waals surface area (Å²) in [5, 5.41) is 9.22. The van der Waals surface area contributed by atoms with Crippen LogP contribution in [0, 0.1) is 0 Å². The van der Waals surface area contributed by atoms with Crippen LogP contribution in [-0.4, -0.2) is 36.8 Å². The Balaban J connectivity index is 1.62. The number of rotatable bonds is 5. The lowest BCUT2D eigenvalue weighted by atomic mass is 10.1. The molecule has 1 atom stereocenters. The van der Waals surface area contributed by atoms with Crippen LogP contribution in [0.15, 0.2) is 71.8 Å². The largest absolute Gasteiger partial charge is 0.446 e. The Kier molecular flexibility index (Phi) is 6.77. The summed E-state index contributed by atoms with van der Waals surface area (Å²) < 4.78 is 6.12. The summed E-state index contributed by atoms with van der Waals surface area (Å²) >= 11 is 12.1. The standard InChI is InChI=1S/C25H22Cl2N4O3/c1-15(32)31-25(16-8-11-18(12-9-16)30(2)3)34-24(29-31)20-6-4-5-7-22(20)28-23(33)19-13-10-17(26)14-21(19)27/h4-14,25H,1-3H3,(H,28,33). The Morgan fingerprint density at radius 2 is 1.74 bits per heavy atom. The molecule has 2 amide bonds. The van der Waals surface area contributed by atoms with Crippen molar-refractivity contribution >= 4 is 52.3 Å². The molecular weight excluding hydrogens is 475 g/mol. The van der Waals surface area contributed by atoms with Crippen molar-refractivity contribution in [2.24, 2.45) is 5.10 Å².